The number of rotatable bonds is 7. The number of amides is 2. The number of ketones is 4. The van der Waals surface area contributed by atoms with Gasteiger partial charge in [-0.3, -0.25) is 38.4 Å². The molecular weight excluding hydrogens is 1350 g/mol. The minimum absolute atomic E-state index is 0.0507. The predicted molar refractivity (Wildman–Crippen MR) is 375 cm³/mol. The van der Waals surface area contributed by atoms with Crippen molar-refractivity contribution in [2.24, 2.45) is 47.3 Å². The SMILES string of the molecule is COC1C=COC2(C)Oc3c(C)c(O)c4c(c3C2=O)C(=O)/C(=C/NN/C=C2\C(=O)c3c5c(O)c(C)c6c3C(=O)C(C)(O/C=C/C(OC)C(C)C(OC(C)=O)C(C)C(O)C(C)C(O)C(C)/C=C/C=C(/C)C(=O)NC2=C5O)O6)C(=C4O)NC(=O)/C(C)=C\C=C/C(C)C(O)C(C)C(O)C(C)C(OC(C)=O)C1C. The summed E-state index contributed by atoms with van der Waals surface area (Å²) in [7, 11) is 2.73. The molecule has 6 aliphatic heterocycles. The maximum Gasteiger partial charge on any atom is 0.312 e. The summed E-state index contributed by atoms with van der Waals surface area (Å²) in [5.74, 6) is -22.2. The number of methoxy groups -OCH3 is 2. The second kappa shape index (κ2) is 31.6. The molecule has 2 aromatic carbocycles. The van der Waals surface area contributed by atoms with Gasteiger partial charge in [0.1, 0.15) is 35.2 Å². The number of hydrazine groups is 1. The number of nitrogens with one attached hydrogen (secondary N) is 4. The first-order valence-corrected chi connectivity index (χ1v) is 34.0. The second-order valence-electron chi connectivity index (χ2n) is 27.8. The van der Waals surface area contributed by atoms with Crippen LogP contribution >= 0.6 is 0 Å². The quantitative estimate of drug-likeness (QED) is 0.0554. The Kier molecular flexibility index (Phi) is 24.3. The van der Waals surface area contributed by atoms with Crippen molar-refractivity contribution in [3.8, 4) is 23.0 Å². The molecule has 6 heterocycles. The van der Waals surface area contributed by atoms with Gasteiger partial charge in [0.05, 0.1) is 105 Å². The molecule has 0 spiro atoms. The van der Waals surface area contributed by atoms with E-state index >= 15 is 9.59 Å². The average molecular weight is 1450 g/mol. The van der Waals surface area contributed by atoms with E-state index in [-0.39, 0.29) is 33.8 Å². The molecule has 562 valence electrons. The first-order chi connectivity index (χ1) is 48.7. The van der Waals surface area contributed by atoms with E-state index in [4.69, 9.17) is 37.9 Å². The fraction of sp³-hybridized carbons (Fsp3) is 0.474. The van der Waals surface area contributed by atoms with E-state index in [0.29, 0.717) is 0 Å². The fourth-order valence-corrected chi connectivity index (χ4v) is 14.0. The lowest BCUT2D eigenvalue weighted by atomic mass is 9.78. The first-order valence-electron chi connectivity index (χ1n) is 34.0. The standard InChI is InChI=1S/C76H94N4O24/c1-31-21-19-23-33(3)73(95)79-55-45(63(89)49-51(65(55)91)61(87)41(11)69-53(49)71(93)75(15,103-69)99-27-25-47(97-17)35(5)67(101-43(13)81)39(9)59(85)37(7)57(31)83)29-77-78-30-46-56-66(92)52-50(64(46)90)54-70(42(12)62(52)88)104-76(16,72(54)94)100-28-26-48(98-18)36(6)68(102-44(14)82)40(10)60(86)38(8)58(84)32(2)22-20-24-34(4)74(96)80-56/h19-32,35-40,47-48,57-60,67-68,77-78,83-88,91-92H,1-18H3,(H,79,95)(H,80,96)/b21-19-,22-20+,27-25?,28-26+,33-23-,34-24-,45-29+,46-30-. The number of hydrogen-bond donors (Lipinski definition) is 12. The van der Waals surface area contributed by atoms with Gasteiger partial charge in [0.25, 0.3) is 23.4 Å². The number of phenols is 2. The summed E-state index contributed by atoms with van der Waals surface area (Å²) in [6.07, 6.45) is 6.62. The van der Waals surface area contributed by atoms with Crippen molar-refractivity contribution in [3.63, 3.8) is 0 Å². The molecule has 12 N–H and O–H groups in total. The van der Waals surface area contributed by atoms with E-state index in [1.807, 2.05) is 0 Å². The van der Waals surface area contributed by atoms with E-state index in [0.717, 1.165) is 24.9 Å². The summed E-state index contributed by atoms with van der Waals surface area (Å²) < 4.78 is 47.6. The highest BCUT2D eigenvalue weighted by molar-refractivity contribution is 6.27. The molecule has 28 heteroatoms. The zero-order valence-corrected chi connectivity index (χ0v) is 61.3. The van der Waals surface area contributed by atoms with Gasteiger partial charge in [-0.15, -0.1) is 0 Å². The molecule has 18 unspecified atom stereocenters. The lowest BCUT2D eigenvalue weighted by molar-refractivity contribution is -0.161. The van der Waals surface area contributed by atoms with Gasteiger partial charge in [-0.1, -0.05) is 91.8 Å². The Labute approximate surface area is 602 Å². The van der Waals surface area contributed by atoms with E-state index in [2.05, 4.69) is 21.5 Å². The molecule has 0 aromatic heterocycles. The number of hydrogen-bond acceptors (Lipinski definition) is 26. The third-order valence-corrected chi connectivity index (χ3v) is 20.5. The number of carbonyl (C=O) groups is 8. The predicted octanol–water partition coefficient (Wildman–Crippen LogP) is 7.46. The zero-order valence-electron chi connectivity index (χ0n) is 61.3. The van der Waals surface area contributed by atoms with E-state index in [9.17, 15) is 69.6 Å². The lowest BCUT2D eigenvalue weighted by Crippen LogP contribution is -2.46. The Morgan fingerprint density at radius 1 is 0.490 bits per heavy atom. The smallest absolute Gasteiger partial charge is 0.312 e. The highest BCUT2D eigenvalue weighted by Crippen LogP contribution is 2.53. The third kappa shape index (κ3) is 15.1. The Morgan fingerprint density at radius 3 is 1.14 bits per heavy atom. The molecule has 0 saturated carbocycles. The summed E-state index contributed by atoms with van der Waals surface area (Å²) in [4.78, 5) is 115. The molecule has 10 bridgehead atoms. The van der Waals surface area contributed by atoms with Crippen LogP contribution in [0.15, 0.2) is 107 Å². The molecule has 0 saturated heterocycles. The first kappa shape index (κ1) is 79.9. The van der Waals surface area contributed by atoms with Gasteiger partial charge < -0.3 is 100 Å². The fourth-order valence-electron chi connectivity index (χ4n) is 14.0. The van der Waals surface area contributed by atoms with Gasteiger partial charge in [0.2, 0.25) is 0 Å². The number of benzene rings is 2. The lowest BCUT2D eigenvalue weighted by Gasteiger charge is -2.38. The summed E-state index contributed by atoms with van der Waals surface area (Å²) >= 11 is 0. The monoisotopic (exact) mass is 1450 g/mol. The maximum absolute atomic E-state index is 15.5. The Morgan fingerprint density at radius 2 is 0.827 bits per heavy atom. The average Bonchev–Trinajstić information content (AvgIpc) is 1.47. The van der Waals surface area contributed by atoms with Crippen molar-refractivity contribution in [2.45, 2.75) is 171 Å². The molecule has 2 aromatic rings. The topological polar surface area (TPSA) is 420 Å². The molecule has 2 aliphatic carbocycles. The molecule has 28 nitrogen and oxygen atoms in total. The highest BCUT2D eigenvalue weighted by atomic mass is 16.7. The molecule has 2 amide bonds. The number of carbonyl (C=O) groups excluding carboxylic acids is 8. The van der Waals surface area contributed by atoms with Crippen LogP contribution in [0.3, 0.4) is 0 Å². The Balaban J connectivity index is 1.26. The van der Waals surface area contributed by atoms with Crippen molar-refractivity contribution in [1.29, 1.82) is 0 Å². The van der Waals surface area contributed by atoms with Crippen LogP contribution in [-0.4, -0.2) is 162 Å². The largest absolute Gasteiger partial charge is 0.507 e. The van der Waals surface area contributed by atoms with Crippen LogP contribution in [0.2, 0.25) is 0 Å². The van der Waals surface area contributed by atoms with Gasteiger partial charge in [-0.2, -0.15) is 0 Å². The second-order valence-corrected chi connectivity index (χ2v) is 27.8. The number of aliphatic hydroxyl groups excluding tert-OH is 6. The van der Waals surface area contributed by atoms with Gasteiger partial charge >= 0.3 is 23.5 Å². The van der Waals surface area contributed by atoms with Crippen molar-refractivity contribution in [1.82, 2.24) is 21.5 Å². The number of phenolic OH excluding ortho intramolecular Hbond substituents is 2. The number of ether oxygens (including phenoxy) is 8. The van der Waals surface area contributed by atoms with Crippen molar-refractivity contribution in [3.05, 3.63) is 152 Å². The molecule has 0 fully saturated rings. The van der Waals surface area contributed by atoms with Crippen LogP contribution < -0.4 is 31.0 Å². The van der Waals surface area contributed by atoms with Crippen molar-refractivity contribution >= 4 is 58.4 Å². The molecule has 10 rings (SSSR count). The number of aliphatic hydroxyl groups is 6. The van der Waals surface area contributed by atoms with E-state index < -0.39 is 234 Å². The van der Waals surface area contributed by atoms with Crippen LogP contribution in [0.1, 0.15) is 161 Å². The summed E-state index contributed by atoms with van der Waals surface area (Å²) in [5, 5.41) is 101. The molecular formula is C76H94N4O24. The van der Waals surface area contributed by atoms with Crippen LogP contribution in [0, 0.1) is 61.2 Å². The highest BCUT2D eigenvalue weighted by Gasteiger charge is 2.55. The number of Topliss-reactive ketones (excluding diaryl/α,β-unsaturated/α-hetero) is 4. The third-order valence-electron chi connectivity index (χ3n) is 20.5. The zero-order chi connectivity index (χ0) is 77.4. The van der Waals surface area contributed by atoms with Gasteiger partial charge in [0.15, 0.2) is 23.1 Å². The maximum atomic E-state index is 15.5. The number of fused-ring (bicyclic) bond motifs is 28. The van der Waals surface area contributed by atoms with Gasteiger partial charge in [-0.05, 0) is 39.8 Å². The molecule has 0 radical (unpaired) electrons. The molecule has 18 atom stereocenters. The van der Waals surface area contributed by atoms with Gasteiger partial charge in [0, 0.05) is 124 Å². The van der Waals surface area contributed by atoms with Crippen LogP contribution in [-0.2, 0) is 47.6 Å². The van der Waals surface area contributed by atoms with Crippen LogP contribution in [0.5, 0.6) is 23.0 Å². The Hall–Kier alpha value is -9.84. The van der Waals surface area contributed by atoms with Crippen LogP contribution in [0.4, 0.5) is 0 Å². The van der Waals surface area contributed by atoms with Crippen LogP contribution in [0.25, 0.3) is 11.5 Å². The number of aromatic hydroxyl groups is 2. The van der Waals surface area contributed by atoms with Gasteiger partial charge in [-0.25, -0.2) is 0 Å². The van der Waals surface area contributed by atoms with Crippen molar-refractivity contribution in [2.75, 3.05) is 14.2 Å². The molecule has 8 aliphatic rings. The number of esters is 2. The molecule has 104 heavy (non-hydrogen) atoms. The van der Waals surface area contributed by atoms with Crippen molar-refractivity contribution < 1.29 is 117 Å². The van der Waals surface area contributed by atoms with E-state index in [1.165, 1.54) is 106 Å². The minimum atomic E-state index is -2.31. The van der Waals surface area contributed by atoms with E-state index in [1.54, 1.807) is 67.5 Å². The summed E-state index contributed by atoms with van der Waals surface area (Å²) in [6, 6.07) is 0. The number of allylic oxidation sites excluding steroid dienone is 6. The summed E-state index contributed by atoms with van der Waals surface area (Å²) in [6.45, 7) is 23.5. The minimum Gasteiger partial charge on any atom is -0.507 e. The Bertz CT molecular complexity index is 3910. The summed E-state index contributed by atoms with van der Waals surface area (Å²) in [5.41, 5.74) is -1.12. The normalized spacial score (nSPS) is 34.4.